The van der Waals surface area contributed by atoms with Crippen LogP contribution in [0.1, 0.15) is 62.3 Å². The Labute approximate surface area is 240 Å². The summed E-state index contributed by atoms with van der Waals surface area (Å²) in [4.78, 5) is 0. The summed E-state index contributed by atoms with van der Waals surface area (Å²) in [5, 5.41) is 0. The SMILES string of the molecule is CC(C)(C)C(I)(I)OP(=O)(OC(I)(I)C(C)(C)C)OC(I)(I)C(C)(C)C. The smallest absolute Gasteiger partial charge is 0.259 e. The van der Waals surface area contributed by atoms with E-state index < -0.39 is 12.7 Å². The summed E-state index contributed by atoms with van der Waals surface area (Å²) < 4.78 is 29.9. The summed E-state index contributed by atoms with van der Waals surface area (Å²) in [6.45, 7) is 18.3. The fraction of sp³-hybridized carbons (Fsp3) is 1.00. The van der Waals surface area contributed by atoms with E-state index in [1.54, 1.807) is 0 Å². The molecule has 0 saturated heterocycles. The van der Waals surface area contributed by atoms with Crippen molar-refractivity contribution in [2.75, 3.05) is 0 Å². The normalized spacial score (nSPS) is 16.1. The number of rotatable bonds is 6. The molecule has 4 nitrogen and oxygen atoms in total. The highest BCUT2D eigenvalue weighted by atomic mass is 127. The second-order valence-electron chi connectivity index (χ2n) is 9.02. The summed E-state index contributed by atoms with van der Waals surface area (Å²) in [6, 6.07) is 0. The zero-order valence-electron chi connectivity index (χ0n) is 16.3. The van der Waals surface area contributed by atoms with Crippen LogP contribution in [0.3, 0.4) is 0 Å². The van der Waals surface area contributed by atoms with E-state index in [2.05, 4.69) is 136 Å². The average Bonchev–Trinajstić information content (AvgIpc) is 2.19. The van der Waals surface area contributed by atoms with Gasteiger partial charge in [-0.2, -0.15) is 0 Å². The van der Waals surface area contributed by atoms with Crippen molar-refractivity contribution in [1.82, 2.24) is 0 Å². The van der Waals surface area contributed by atoms with Gasteiger partial charge in [-0.3, -0.25) is 13.6 Å². The van der Waals surface area contributed by atoms with Crippen molar-refractivity contribution in [3.8, 4) is 0 Å². The van der Waals surface area contributed by atoms with Gasteiger partial charge >= 0.3 is 7.82 Å². The summed E-state index contributed by atoms with van der Waals surface area (Å²) in [6.07, 6.45) is 0. The third-order valence-electron chi connectivity index (χ3n) is 3.30. The van der Waals surface area contributed by atoms with Crippen LogP contribution in [0.25, 0.3) is 0 Å². The quantitative estimate of drug-likeness (QED) is 0.151. The Balaban J connectivity index is 6.10. The highest BCUT2D eigenvalue weighted by molar-refractivity contribution is 14.2. The summed E-state index contributed by atoms with van der Waals surface area (Å²) >= 11 is 13.0. The van der Waals surface area contributed by atoms with Gasteiger partial charge in [0, 0.05) is 16.2 Å². The third-order valence-corrected chi connectivity index (χ3v) is 17.9. The van der Waals surface area contributed by atoms with Gasteiger partial charge in [0.15, 0.2) is 4.84 Å². The zero-order chi connectivity index (χ0) is 21.6. The lowest BCUT2D eigenvalue weighted by molar-refractivity contribution is 0.0222. The molecule has 0 N–H and O–H groups in total. The number of hydrogen-bond donors (Lipinski definition) is 0. The Kier molecular flexibility index (Phi) is 11.5. The molecule has 0 amide bonds. The van der Waals surface area contributed by atoms with Gasteiger partial charge in [0.2, 0.25) is 0 Å². The standard InChI is InChI=1S/C15H27I6O4P/c1-10(2,3)13(16,17)23-26(22,24-14(18,19)11(4,5)6)25-15(20,21)12(7,8)9/h1-9H3. The maximum atomic E-state index is 13.9. The maximum absolute atomic E-state index is 13.9. The lowest BCUT2D eigenvalue weighted by atomic mass is 9.99. The predicted octanol–water partition coefficient (Wildman–Crippen LogP) is 9.85. The van der Waals surface area contributed by atoms with Gasteiger partial charge in [-0.25, -0.2) is 4.57 Å². The zero-order valence-corrected chi connectivity index (χ0v) is 30.2. The minimum atomic E-state index is -3.92. The number of alkyl halides is 6. The van der Waals surface area contributed by atoms with Gasteiger partial charge in [-0.15, -0.1) is 0 Å². The minimum absolute atomic E-state index is 0.279. The molecule has 0 atom stereocenters. The molecule has 0 aliphatic carbocycles. The Bertz CT molecular complexity index is 468. The monoisotopic (exact) mass is 1060 g/mol. The molecular formula is C15H27I6O4P. The van der Waals surface area contributed by atoms with Gasteiger partial charge in [-0.05, 0) is 136 Å². The van der Waals surface area contributed by atoms with Crippen LogP contribution >= 0.6 is 143 Å². The van der Waals surface area contributed by atoms with Crippen LogP contribution in [0.15, 0.2) is 0 Å². The molecule has 0 aliphatic heterocycles. The Morgan fingerprint density at radius 2 is 0.654 bits per heavy atom. The van der Waals surface area contributed by atoms with Gasteiger partial charge in [-0.1, -0.05) is 62.3 Å². The fourth-order valence-electron chi connectivity index (χ4n) is 0.888. The lowest BCUT2D eigenvalue weighted by Crippen LogP contribution is -2.39. The molecule has 0 saturated carbocycles. The molecule has 26 heavy (non-hydrogen) atoms. The largest absolute Gasteiger partial charge is 0.480 e. The highest BCUT2D eigenvalue weighted by Gasteiger charge is 2.55. The lowest BCUT2D eigenvalue weighted by Gasteiger charge is -2.43. The van der Waals surface area contributed by atoms with Crippen LogP contribution < -0.4 is 0 Å². The van der Waals surface area contributed by atoms with Gasteiger partial charge in [0.1, 0.15) is 0 Å². The van der Waals surface area contributed by atoms with Crippen molar-refractivity contribution < 1.29 is 18.1 Å². The van der Waals surface area contributed by atoms with E-state index >= 15 is 0 Å². The average molecular weight is 1060 g/mol. The molecule has 0 radical (unpaired) electrons. The molecule has 158 valence electrons. The van der Waals surface area contributed by atoms with Crippen LogP contribution in [0.2, 0.25) is 0 Å². The van der Waals surface area contributed by atoms with E-state index in [9.17, 15) is 4.57 Å². The van der Waals surface area contributed by atoms with Gasteiger partial charge in [0.25, 0.3) is 0 Å². The van der Waals surface area contributed by atoms with E-state index in [4.69, 9.17) is 13.6 Å². The molecule has 0 fully saturated rings. The molecular weight excluding hydrogens is 1040 g/mol. The molecule has 0 heterocycles. The van der Waals surface area contributed by atoms with Crippen LogP contribution in [0.5, 0.6) is 0 Å². The maximum Gasteiger partial charge on any atom is 0.480 e. The van der Waals surface area contributed by atoms with Crippen molar-refractivity contribution in [2.45, 2.75) is 67.2 Å². The van der Waals surface area contributed by atoms with Crippen molar-refractivity contribution >= 4 is 143 Å². The first-order valence-corrected chi connectivity index (χ1v) is 15.7. The number of hydrogen-bond acceptors (Lipinski definition) is 4. The van der Waals surface area contributed by atoms with Crippen LogP contribution in [-0.2, 0) is 18.1 Å². The van der Waals surface area contributed by atoms with Crippen LogP contribution in [-0.4, -0.2) is 4.84 Å². The molecule has 0 aromatic carbocycles. The summed E-state index contributed by atoms with van der Waals surface area (Å²) in [7, 11) is -3.92. The second-order valence-corrected chi connectivity index (χ2v) is 25.8. The first-order valence-electron chi connectivity index (χ1n) is 7.73. The molecule has 0 bridgehead atoms. The molecule has 0 aliphatic rings. The number of phosphoric acid groups is 1. The van der Waals surface area contributed by atoms with Crippen molar-refractivity contribution in [1.29, 1.82) is 0 Å². The van der Waals surface area contributed by atoms with Crippen molar-refractivity contribution in [3.05, 3.63) is 0 Å². The summed E-state index contributed by atoms with van der Waals surface area (Å²) in [5.74, 6) is 0. The molecule has 0 aromatic rings. The number of halogens is 6. The molecule has 0 rings (SSSR count). The van der Waals surface area contributed by atoms with Crippen molar-refractivity contribution in [3.63, 3.8) is 0 Å². The molecule has 11 heteroatoms. The Morgan fingerprint density at radius 1 is 0.500 bits per heavy atom. The molecule has 0 aromatic heterocycles. The third kappa shape index (κ3) is 8.79. The Hall–Kier alpha value is 4.49. The number of phosphoric ester groups is 1. The topological polar surface area (TPSA) is 44.8 Å². The fourth-order valence-corrected chi connectivity index (χ4v) is 7.01. The van der Waals surface area contributed by atoms with E-state index in [-0.39, 0.29) is 16.2 Å². The van der Waals surface area contributed by atoms with E-state index in [0.29, 0.717) is 0 Å². The minimum Gasteiger partial charge on any atom is -0.259 e. The molecule has 0 spiro atoms. The van der Waals surface area contributed by atoms with Gasteiger partial charge < -0.3 is 0 Å². The van der Waals surface area contributed by atoms with Crippen LogP contribution in [0.4, 0.5) is 0 Å². The first-order chi connectivity index (χ1) is 10.9. The Morgan fingerprint density at radius 3 is 0.769 bits per heavy atom. The van der Waals surface area contributed by atoms with E-state index in [1.165, 1.54) is 0 Å². The van der Waals surface area contributed by atoms with E-state index in [0.717, 1.165) is 0 Å². The van der Waals surface area contributed by atoms with E-state index in [1.807, 2.05) is 62.3 Å². The second kappa shape index (κ2) is 9.77. The molecule has 0 unspecified atom stereocenters. The van der Waals surface area contributed by atoms with Gasteiger partial charge in [0.05, 0.1) is 0 Å². The predicted molar refractivity (Wildman–Crippen MR) is 162 cm³/mol. The van der Waals surface area contributed by atoms with Crippen LogP contribution in [0, 0.1) is 16.2 Å². The van der Waals surface area contributed by atoms with Crippen molar-refractivity contribution in [2.24, 2.45) is 16.2 Å². The highest BCUT2D eigenvalue weighted by Crippen LogP contribution is 2.69. The summed E-state index contributed by atoms with van der Waals surface area (Å²) in [5.41, 5.74) is -0.838. The first kappa shape index (κ1) is 30.5.